The standard InChI is InChI=1S/C13H13ClN4O/c1-8-7-12(19)16-13(15-8)18-17-9(2)10-5-3-4-6-11(10)14/h3-7H,1-2H3,(H2,15,16,18,19)/b17-9+. The van der Waals surface area contributed by atoms with Crippen LogP contribution in [0.15, 0.2) is 40.2 Å². The molecule has 0 spiro atoms. The lowest BCUT2D eigenvalue weighted by molar-refractivity contribution is 1.04. The Kier molecular flexibility index (Phi) is 3.97. The number of aromatic amines is 1. The Morgan fingerprint density at radius 3 is 2.84 bits per heavy atom. The molecule has 0 aliphatic rings. The Morgan fingerprint density at radius 1 is 1.42 bits per heavy atom. The molecule has 0 aliphatic heterocycles. The summed E-state index contributed by atoms with van der Waals surface area (Å²) >= 11 is 6.07. The third kappa shape index (κ3) is 3.42. The normalized spacial score (nSPS) is 11.4. The molecular formula is C13H13ClN4O. The highest BCUT2D eigenvalue weighted by atomic mass is 35.5. The molecule has 2 aromatic rings. The number of H-pyrrole nitrogens is 1. The maximum absolute atomic E-state index is 11.3. The monoisotopic (exact) mass is 276 g/mol. The van der Waals surface area contributed by atoms with Crippen molar-refractivity contribution in [1.82, 2.24) is 9.97 Å². The topological polar surface area (TPSA) is 70.1 Å². The van der Waals surface area contributed by atoms with Gasteiger partial charge in [0.1, 0.15) is 0 Å². The van der Waals surface area contributed by atoms with E-state index < -0.39 is 0 Å². The summed E-state index contributed by atoms with van der Waals surface area (Å²) in [6, 6.07) is 8.81. The number of hydrazone groups is 1. The van der Waals surface area contributed by atoms with Gasteiger partial charge in [-0.1, -0.05) is 29.8 Å². The highest BCUT2D eigenvalue weighted by Crippen LogP contribution is 2.15. The molecule has 0 saturated carbocycles. The molecular weight excluding hydrogens is 264 g/mol. The van der Waals surface area contributed by atoms with Crippen molar-refractivity contribution in [2.75, 3.05) is 5.43 Å². The molecule has 1 heterocycles. The summed E-state index contributed by atoms with van der Waals surface area (Å²) in [6.07, 6.45) is 0. The van der Waals surface area contributed by atoms with Crippen LogP contribution in [0.3, 0.4) is 0 Å². The zero-order valence-corrected chi connectivity index (χ0v) is 11.3. The number of nitrogens with zero attached hydrogens (tertiary/aromatic N) is 2. The van der Waals surface area contributed by atoms with Crippen molar-refractivity contribution in [2.24, 2.45) is 5.10 Å². The van der Waals surface area contributed by atoms with E-state index in [-0.39, 0.29) is 5.56 Å². The quantitative estimate of drug-likeness (QED) is 0.669. The molecule has 19 heavy (non-hydrogen) atoms. The van der Waals surface area contributed by atoms with Gasteiger partial charge < -0.3 is 0 Å². The van der Waals surface area contributed by atoms with E-state index in [1.807, 2.05) is 25.1 Å². The second kappa shape index (κ2) is 5.67. The Balaban J connectivity index is 2.23. The number of nitrogens with one attached hydrogen (secondary N) is 2. The minimum absolute atomic E-state index is 0.222. The molecule has 0 radical (unpaired) electrons. The van der Waals surface area contributed by atoms with Crippen LogP contribution in [0.1, 0.15) is 18.2 Å². The Labute approximate surface area is 115 Å². The molecule has 2 rings (SSSR count). The van der Waals surface area contributed by atoms with Crippen molar-refractivity contribution in [3.63, 3.8) is 0 Å². The Hall–Kier alpha value is -2.14. The summed E-state index contributed by atoms with van der Waals surface area (Å²) in [4.78, 5) is 17.9. The van der Waals surface area contributed by atoms with Crippen molar-refractivity contribution in [2.45, 2.75) is 13.8 Å². The highest BCUT2D eigenvalue weighted by Gasteiger charge is 2.03. The predicted octanol–water partition coefficient (Wildman–Crippen LogP) is 2.57. The number of hydrogen-bond donors (Lipinski definition) is 2. The zero-order chi connectivity index (χ0) is 13.8. The zero-order valence-electron chi connectivity index (χ0n) is 10.6. The van der Waals surface area contributed by atoms with E-state index in [2.05, 4.69) is 20.5 Å². The first-order valence-corrected chi connectivity index (χ1v) is 6.07. The highest BCUT2D eigenvalue weighted by molar-refractivity contribution is 6.34. The molecule has 6 heteroatoms. The van der Waals surface area contributed by atoms with Crippen molar-refractivity contribution in [3.8, 4) is 0 Å². The molecule has 2 N–H and O–H groups in total. The fraction of sp³-hybridized carbons (Fsp3) is 0.154. The summed E-state index contributed by atoms with van der Waals surface area (Å²) in [5.74, 6) is 0.302. The van der Waals surface area contributed by atoms with Gasteiger partial charge in [0.15, 0.2) is 0 Å². The SMILES string of the molecule is C/C(=N\Nc1nc(C)cc(=O)[nH]1)c1ccccc1Cl. The first-order valence-electron chi connectivity index (χ1n) is 5.69. The summed E-state index contributed by atoms with van der Waals surface area (Å²) in [5.41, 5.74) is 4.64. The minimum Gasteiger partial charge on any atom is -0.291 e. The van der Waals surface area contributed by atoms with E-state index in [4.69, 9.17) is 11.6 Å². The van der Waals surface area contributed by atoms with Crippen LogP contribution < -0.4 is 11.0 Å². The molecule has 0 unspecified atom stereocenters. The van der Waals surface area contributed by atoms with Crippen LogP contribution in [0.2, 0.25) is 5.02 Å². The molecule has 1 aromatic heterocycles. The number of benzene rings is 1. The molecule has 0 aliphatic carbocycles. The fourth-order valence-corrected chi connectivity index (χ4v) is 1.86. The number of aryl methyl sites for hydroxylation is 1. The molecule has 0 atom stereocenters. The third-order valence-corrected chi connectivity index (χ3v) is 2.79. The molecule has 0 bridgehead atoms. The van der Waals surface area contributed by atoms with Crippen LogP contribution >= 0.6 is 11.6 Å². The lowest BCUT2D eigenvalue weighted by atomic mass is 10.1. The van der Waals surface area contributed by atoms with Crippen LogP contribution in [0.25, 0.3) is 0 Å². The average Bonchev–Trinajstić information content (AvgIpc) is 2.35. The molecule has 0 amide bonds. The lowest BCUT2D eigenvalue weighted by Crippen LogP contribution is -2.11. The number of hydrogen-bond acceptors (Lipinski definition) is 4. The van der Waals surface area contributed by atoms with Crippen molar-refractivity contribution < 1.29 is 0 Å². The van der Waals surface area contributed by atoms with Gasteiger partial charge in [-0.2, -0.15) is 5.10 Å². The molecule has 0 saturated heterocycles. The van der Waals surface area contributed by atoms with Crippen LogP contribution in [-0.4, -0.2) is 15.7 Å². The third-order valence-electron chi connectivity index (χ3n) is 2.46. The van der Waals surface area contributed by atoms with Gasteiger partial charge in [0.2, 0.25) is 5.95 Å². The van der Waals surface area contributed by atoms with Gasteiger partial charge in [0.25, 0.3) is 5.56 Å². The van der Waals surface area contributed by atoms with E-state index in [0.717, 1.165) is 5.56 Å². The Bertz CT molecular complexity index is 678. The minimum atomic E-state index is -0.222. The second-order valence-corrected chi connectivity index (χ2v) is 4.43. The fourth-order valence-electron chi connectivity index (χ4n) is 1.58. The number of halogens is 1. The molecule has 1 aromatic carbocycles. The summed E-state index contributed by atoms with van der Waals surface area (Å²) < 4.78 is 0. The van der Waals surface area contributed by atoms with Gasteiger partial charge in [0.05, 0.1) is 5.71 Å². The van der Waals surface area contributed by atoms with Gasteiger partial charge in [-0.15, -0.1) is 0 Å². The van der Waals surface area contributed by atoms with Crippen molar-refractivity contribution in [1.29, 1.82) is 0 Å². The van der Waals surface area contributed by atoms with Gasteiger partial charge in [-0.05, 0) is 19.9 Å². The summed E-state index contributed by atoms with van der Waals surface area (Å²) in [7, 11) is 0. The van der Waals surface area contributed by atoms with Crippen LogP contribution in [-0.2, 0) is 0 Å². The first kappa shape index (κ1) is 13.3. The summed E-state index contributed by atoms with van der Waals surface area (Å²) in [6.45, 7) is 3.56. The largest absolute Gasteiger partial charge is 0.291 e. The van der Waals surface area contributed by atoms with Crippen LogP contribution in [0.4, 0.5) is 5.95 Å². The van der Waals surface area contributed by atoms with Crippen molar-refractivity contribution >= 4 is 23.3 Å². The first-order chi connectivity index (χ1) is 9.06. The van der Waals surface area contributed by atoms with E-state index in [9.17, 15) is 4.79 Å². The van der Waals surface area contributed by atoms with E-state index in [0.29, 0.717) is 22.4 Å². The predicted molar refractivity (Wildman–Crippen MR) is 76.9 cm³/mol. The lowest BCUT2D eigenvalue weighted by Gasteiger charge is -2.04. The van der Waals surface area contributed by atoms with Gasteiger partial charge in [0, 0.05) is 22.3 Å². The van der Waals surface area contributed by atoms with Gasteiger partial charge in [-0.25, -0.2) is 10.4 Å². The van der Waals surface area contributed by atoms with Crippen LogP contribution in [0.5, 0.6) is 0 Å². The van der Waals surface area contributed by atoms with Gasteiger partial charge in [-0.3, -0.25) is 9.78 Å². The number of rotatable bonds is 3. The second-order valence-electron chi connectivity index (χ2n) is 4.02. The molecule has 0 fully saturated rings. The van der Waals surface area contributed by atoms with E-state index in [1.54, 1.807) is 13.0 Å². The molecule has 5 nitrogen and oxygen atoms in total. The van der Waals surface area contributed by atoms with Crippen molar-refractivity contribution in [3.05, 3.63) is 57.0 Å². The maximum atomic E-state index is 11.3. The maximum Gasteiger partial charge on any atom is 0.252 e. The van der Waals surface area contributed by atoms with E-state index in [1.165, 1.54) is 6.07 Å². The summed E-state index contributed by atoms with van der Waals surface area (Å²) in [5, 5.41) is 4.78. The molecule has 98 valence electrons. The average molecular weight is 277 g/mol. The van der Waals surface area contributed by atoms with E-state index >= 15 is 0 Å². The van der Waals surface area contributed by atoms with Crippen LogP contribution in [0, 0.1) is 6.92 Å². The Morgan fingerprint density at radius 2 is 2.16 bits per heavy atom. The number of aromatic nitrogens is 2. The number of anilines is 1. The smallest absolute Gasteiger partial charge is 0.252 e. The van der Waals surface area contributed by atoms with Gasteiger partial charge >= 0.3 is 0 Å².